The third kappa shape index (κ3) is 3.62. The first-order valence-electron chi connectivity index (χ1n) is 8.78. The van der Waals surface area contributed by atoms with Gasteiger partial charge in [0.05, 0.1) is 5.69 Å². The number of benzene rings is 3. The number of fused-ring (bicyclic) bond motifs is 1. The normalized spacial score (nSPS) is 10.8. The van der Waals surface area contributed by atoms with Crippen LogP contribution in [0.25, 0.3) is 11.0 Å². The van der Waals surface area contributed by atoms with Gasteiger partial charge in [0.1, 0.15) is 17.1 Å². The quantitative estimate of drug-likeness (QED) is 0.476. The summed E-state index contributed by atoms with van der Waals surface area (Å²) in [5, 5.41) is 5.30. The Morgan fingerprint density at radius 1 is 0.733 bits per heavy atom. The van der Waals surface area contributed by atoms with E-state index in [4.69, 9.17) is 4.42 Å². The van der Waals surface area contributed by atoms with Crippen LogP contribution < -0.4 is 10.6 Å². The number of halogens is 3. The summed E-state index contributed by atoms with van der Waals surface area (Å²) in [5.74, 6) is -4.76. The van der Waals surface area contributed by atoms with E-state index < -0.39 is 29.3 Å². The molecule has 0 bridgehead atoms. The molecule has 0 unspecified atom stereocenters. The number of hydrogen-bond acceptors (Lipinski definition) is 3. The molecule has 0 radical (unpaired) electrons. The highest BCUT2D eigenvalue weighted by Gasteiger charge is 2.23. The van der Waals surface area contributed by atoms with Gasteiger partial charge < -0.3 is 15.1 Å². The lowest BCUT2D eigenvalue weighted by Gasteiger charge is -2.08. The third-order valence-electron chi connectivity index (χ3n) is 4.34. The van der Waals surface area contributed by atoms with E-state index in [9.17, 15) is 22.8 Å². The Hall–Kier alpha value is -4.07. The molecule has 2 N–H and O–H groups in total. The van der Waals surface area contributed by atoms with Crippen LogP contribution >= 0.6 is 0 Å². The van der Waals surface area contributed by atoms with Gasteiger partial charge in [-0.05, 0) is 42.5 Å². The zero-order chi connectivity index (χ0) is 21.3. The van der Waals surface area contributed by atoms with E-state index in [-0.39, 0.29) is 22.7 Å². The van der Waals surface area contributed by atoms with E-state index in [1.54, 1.807) is 30.3 Å². The lowest BCUT2D eigenvalue weighted by atomic mass is 10.1. The Balaban J connectivity index is 1.71. The first-order chi connectivity index (χ1) is 14.4. The van der Waals surface area contributed by atoms with Crippen molar-refractivity contribution < 1.29 is 27.2 Å². The van der Waals surface area contributed by atoms with Gasteiger partial charge in [-0.3, -0.25) is 9.59 Å². The fraction of sp³-hybridized carbons (Fsp3) is 0. The summed E-state index contributed by atoms with van der Waals surface area (Å²) < 4.78 is 46.1. The summed E-state index contributed by atoms with van der Waals surface area (Å²) in [6, 6.07) is 14.8. The van der Waals surface area contributed by atoms with Crippen molar-refractivity contribution in [3.8, 4) is 0 Å². The molecule has 0 aliphatic carbocycles. The Morgan fingerprint density at radius 2 is 1.47 bits per heavy atom. The van der Waals surface area contributed by atoms with Crippen LogP contribution in [0.1, 0.15) is 20.9 Å². The molecule has 3 aromatic carbocycles. The molecule has 0 fully saturated rings. The number of para-hydroxylation sites is 2. The van der Waals surface area contributed by atoms with E-state index in [0.717, 1.165) is 18.2 Å². The fourth-order valence-electron chi connectivity index (χ4n) is 2.89. The van der Waals surface area contributed by atoms with E-state index in [0.29, 0.717) is 11.0 Å². The molecule has 4 rings (SSSR count). The summed E-state index contributed by atoms with van der Waals surface area (Å²) in [7, 11) is 0. The smallest absolute Gasteiger partial charge is 0.293 e. The van der Waals surface area contributed by atoms with Crippen LogP contribution in [0.15, 0.2) is 71.1 Å². The Labute approximate surface area is 168 Å². The number of furan rings is 1. The van der Waals surface area contributed by atoms with E-state index in [1.807, 2.05) is 0 Å². The highest BCUT2D eigenvalue weighted by Crippen LogP contribution is 2.32. The van der Waals surface area contributed by atoms with Gasteiger partial charge in [0.25, 0.3) is 11.8 Å². The number of carbonyl (C=O) groups excluding carboxylic acids is 2. The summed E-state index contributed by atoms with van der Waals surface area (Å²) in [4.78, 5) is 25.3. The molecule has 0 saturated carbocycles. The van der Waals surface area contributed by atoms with Crippen LogP contribution in [-0.4, -0.2) is 11.8 Å². The second kappa shape index (κ2) is 7.75. The van der Waals surface area contributed by atoms with E-state index in [1.165, 1.54) is 18.2 Å². The molecule has 8 heteroatoms. The average molecular weight is 410 g/mol. The van der Waals surface area contributed by atoms with Crippen LogP contribution in [0.5, 0.6) is 0 Å². The van der Waals surface area contributed by atoms with Crippen molar-refractivity contribution in [2.24, 2.45) is 0 Å². The molecule has 0 saturated heterocycles. The topological polar surface area (TPSA) is 71.3 Å². The maximum Gasteiger partial charge on any atom is 0.293 e. The number of carbonyl (C=O) groups is 2. The molecular formula is C22H13F3N2O3. The molecule has 0 atom stereocenters. The standard InChI is InChI=1S/C22H13F3N2O3/c23-14-10-9-12(11-16(14)25)21(28)27-19-13-5-1-4-8-18(13)30-20(19)22(29)26-17-7-3-2-6-15(17)24/h1-11H,(H,26,29)(H,27,28). The van der Waals surface area contributed by atoms with Crippen LogP contribution in [0.3, 0.4) is 0 Å². The van der Waals surface area contributed by atoms with Crippen molar-refractivity contribution in [2.45, 2.75) is 0 Å². The van der Waals surface area contributed by atoms with E-state index >= 15 is 0 Å². The van der Waals surface area contributed by atoms with Gasteiger partial charge in [0.15, 0.2) is 11.6 Å². The SMILES string of the molecule is O=C(Nc1c(C(=O)Nc2ccccc2F)oc2ccccc12)c1ccc(F)c(F)c1. The number of anilines is 2. The Bertz CT molecular complexity index is 1280. The van der Waals surface area contributed by atoms with Gasteiger partial charge in [-0.25, -0.2) is 13.2 Å². The zero-order valence-electron chi connectivity index (χ0n) is 15.2. The number of hydrogen-bond donors (Lipinski definition) is 2. The fourth-order valence-corrected chi connectivity index (χ4v) is 2.89. The molecular weight excluding hydrogens is 397 g/mol. The minimum atomic E-state index is -1.18. The first kappa shape index (κ1) is 19.3. The predicted octanol–water partition coefficient (Wildman–Crippen LogP) is 5.35. The Kier molecular flexibility index (Phi) is 4.97. The number of rotatable bonds is 4. The van der Waals surface area contributed by atoms with Crippen LogP contribution in [-0.2, 0) is 0 Å². The summed E-state index contributed by atoms with van der Waals surface area (Å²) in [6.45, 7) is 0. The van der Waals surface area contributed by atoms with Crippen molar-refractivity contribution in [1.29, 1.82) is 0 Å². The monoisotopic (exact) mass is 410 g/mol. The Morgan fingerprint density at radius 3 is 2.23 bits per heavy atom. The van der Waals surface area contributed by atoms with Gasteiger partial charge in [-0.1, -0.05) is 24.3 Å². The molecule has 2 amide bonds. The zero-order valence-corrected chi connectivity index (χ0v) is 15.2. The maximum absolute atomic E-state index is 13.9. The highest BCUT2D eigenvalue weighted by molar-refractivity contribution is 6.16. The van der Waals surface area contributed by atoms with Crippen molar-refractivity contribution in [1.82, 2.24) is 0 Å². The van der Waals surface area contributed by atoms with Crippen LogP contribution in [0, 0.1) is 17.5 Å². The number of amides is 2. The minimum absolute atomic E-state index is 0.0224. The second-order valence-corrected chi connectivity index (χ2v) is 6.32. The van der Waals surface area contributed by atoms with Gasteiger partial charge in [-0.15, -0.1) is 0 Å². The van der Waals surface area contributed by atoms with Gasteiger partial charge in [0.2, 0.25) is 5.76 Å². The molecule has 150 valence electrons. The summed E-state index contributed by atoms with van der Waals surface area (Å²) in [5.41, 5.74) is 0.103. The molecule has 4 aromatic rings. The lowest BCUT2D eigenvalue weighted by Crippen LogP contribution is -2.17. The van der Waals surface area contributed by atoms with Crippen molar-refractivity contribution in [3.05, 3.63) is 95.5 Å². The largest absolute Gasteiger partial charge is 0.449 e. The molecule has 1 heterocycles. The molecule has 0 spiro atoms. The van der Waals surface area contributed by atoms with Crippen LogP contribution in [0.2, 0.25) is 0 Å². The average Bonchev–Trinajstić information content (AvgIpc) is 3.10. The van der Waals surface area contributed by atoms with Crippen molar-refractivity contribution in [3.63, 3.8) is 0 Å². The molecule has 5 nitrogen and oxygen atoms in total. The minimum Gasteiger partial charge on any atom is -0.449 e. The summed E-state index contributed by atoms with van der Waals surface area (Å²) in [6.07, 6.45) is 0. The summed E-state index contributed by atoms with van der Waals surface area (Å²) >= 11 is 0. The molecule has 1 aromatic heterocycles. The number of nitrogens with one attached hydrogen (secondary N) is 2. The molecule has 0 aliphatic rings. The lowest BCUT2D eigenvalue weighted by molar-refractivity contribution is 0.0999. The predicted molar refractivity (Wildman–Crippen MR) is 105 cm³/mol. The molecule has 30 heavy (non-hydrogen) atoms. The molecule has 0 aliphatic heterocycles. The second-order valence-electron chi connectivity index (χ2n) is 6.32. The third-order valence-corrected chi connectivity index (χ3v) is 4.34. The van der Waals surface area contributed by atoms with Crippen LogP contribution in [0.4, 0.5) is 24.5 Å². The van der Waals surface area contributed by atoms with Gasteiger partial charge in [-0.2, -0.15) is 0 Å². The highest BCUT2D eigenvalue weighted by atomic mass is 19.2. The van der Waals surface area contributed by atoms with Crippen molar-refractivity contribution in [2.75, 3.05) is 10.6 Å². The maximum atomic E-state index is 13.9. The van der Waals surface area contributed by atoms with Crippen molar-refractivity contribution >= 4 is 34.2 Å². The van der Waals surface area contributed by atoms with E-state index in [2.05, 4.69) is 10.6 Å². The van der Waals surface area contributed by atoms with Gasteiger partial charge >= 0.3 is 0 Å². The first-order valence-corrected chi connectivity index (χ1v) is 8.78. The van der Waals surface area contributed by atoms with Gasteiger partial charge in [0, 0.05) is 10.9 Å².